The zero-order valence-corrected chi connectivity index (χ0v) is 14.5. The third-order valence-corrected chi connectivity index (χ3v) is 4.78. The van der Waals surface area contributed by atoms with E-state index < -0.39 is 0 Å². The first-order valence-corrected chi connectivity index (χ1v) is 8.57. The smallest absolute Gasteiger partial charge is 0.275 e. The van der Waals surface area contributed by atoms with Crippen molar-refractivity contribution < 1.29 is 9.53 Å². The summed E-state index contributed by atoms with van der Waals surface area (Å²) >= 11 is 1.29. The van der Waals surface area contributed by atoms with Crippen LogP contribution in [0.1, 0.15) is 12.6 Å². The lowest BCUT2D eigenvalue weighted by Crippen LogP contribution is -2.35. The van der Waals surface area contributed by atoms with Crippen LogP contribution in [0.25, 0.3) is 4.96 Å². The molecule has 0 unspecified atom stereocenters. The molecule has 8 nitrogen and oxygen atoms in total. The second kappa shape index (κ2) is 5.85. The van der Waals surface area contributed by atoms with E-state index in [2.05, 4.69) is 15.4 Å². The maximum absolute atomic E-state index is 12.1. The van der Waals surface area contributed by atoms with Gasteiger partial charge in [-0.25, -0.2) is 4.98 Å². The summed E-state index contributed by atoms with van der Waals surface area (Å²) in [6, 6.07) is 6.94. The van der Waals surface area contributed by atoms with Gasteiger partial charge in [0.2, 0.25) is 10.1 Å². The van der Waals surface area contributed by atoms with Crippen LogP contribution in [0.3, 0.4) is 0 Å². The van der Waals surface area contributed by atoms with Crippen molar-refractivity contribution in [1.29, 1.82) is 0 Å². The summed E-state index contributed by atoms with van der Waals surface area (Å²) in [5.74, 6) is 0.551. The summed E-state index contributed by atoms with van der Waals surface area (Å²) in [7, 11) is 1.71. The molecule has 25 heavy (non-hydrogen) atoms. The number of fused-ring (bicyclic) bond motifs is 2. The standard InChI is InChI=1S/C16H15N5O3S/c1-3-9-7-13(22)21-16(18-9)25-15(19-21)17-10-4-5-12-11(6-10)20(2)14(23)8-24-12/h4-7H,3,8H2,1-2H3,(H,17,19). The molecule has 1 aromatic carbocycles. The Morgan fingerprint density at radius 2 is 2.16 bits per heavy atom. The number of likely N-dealkylation sites (N-methyl/N-ethyl adjacent to an activating group) is 1. The average Bonchev–Trinajstić information content (AvgIpc) is 3.01. The Labute approximate surface area is 146 Å². The first kappa shape index (κ1) is 15.6. The number of amides is 1. The molecule has 1 aliphatic heterocycles. The number of carbonyl (C=O) groups excluding carboxylic acids is 1. The van der Waals surface area contributed by atoms with Crippen molar-refractivity contribution in [3.63, 3.8) is 0 Å². The van der Waals surface area contributed by atoms with E-state index in [1.54, 1.807) is 18.0 Å². The molecule has 0 bridgehead atoms. The molecule has 1 amide bonds. The van der Waals surface area contributed by atoms with Gasteiger partial charge in [-0.2, -0.15) is 4.52 Å². The van der Waals surface area contributed by atoms with Crippen LogP contribution in [0.4, 0.5) is 16.5 Å². The Morgan fingerprint density at radius 3 is 2.96 bits per heavy atom. The second-order valence-corrected chi connectivity index (χ2v) is 6.55. The lowest BCUT2D eigenvalue weighted by atomic mass is 10.2. The maximum Gasteiger partial charge on any atom is 0.275 e. The van der Waals surface area contributed by atoms with E-state index in [4.69, 9.17) is 4.74 Å². The minimum Gasteiger partial charge on any atom is -0.482 e. The van der Waals surface area contributed by atoms with E-state index in [1.807, 2.05) is 19.1 Å². The zero-order valence-electron chi connectivity index (χ0n) is 13.6. The lowest BCUT2D eigenvalue weighted by molar-refractivity contribution is -0.120. The summed E-state index contributed by atoms with van der Waals surface area (Å²) in [4.78, 5) is 30.4. The van der Waals surface area contributed by atoms with E-state index in [0.717, 1.165) is 11.4 Å². The molecule has 1 N–H and O–H groups in total. The zero-order chi connectivity index (χ0) is 17.6. The number of carbonyl (C=O) groups is 1. The highest BCUT2D eigenvalue weighted by Gasteiger charge is 2.22. The van der Waals surface area contributed by atoms with Gasteiger partial charge >= 0.3 is 0 Å². The fourth-order valence-electron chi connectivity index (χ4n) is 2.56. The molecular formula is C16H15N5O3S. The Kier molecular flexibility index (Phi) is 3.65. The van der Waals surface area contributed by atoms with Crippen LogP contribution in [-0.4, -0.2) is 34.2 Å². The van der Waals surface area contributed by atoms with Crippen molar-refractivity contribution in [1.82, 2.24) is 14.6 Å². The number of ether oxygens (including phenoxy) is 1. The van der Waals surface area contributed by atoms with Gasteiger partial charge < -0.3 is 15.0 Å². The van der Waals surface area contributed by atoms with Gasteiger partial charge in [0.25, 0.3) is 11.5 Å². The minimum absolute atomic E-state index is 0.0441. The Morgan fingerprint density at radius 1 is 1.32 bits per heavy atom. The molecule has 128 valence electrons. The molecule has 0 radical (unpaired) electrons. The topological polar surface area (TPSA) is 88.8 Å². The Bertz CT molecular complexity index is 1040. The van der Waals surface area contributed by atoms with E-state index in [-0.39, 0.29) is 18.1 Å². The van der Waals surface area contributed by atoms with Gasteiger partial charge in [0.05, 0.1) is 5.69 Å². The number of aryl methyl sites for hydroxylation is 1. The molecule has 0 fully saturated rings. The van der Waals surface area contributed by atoms with Gasteiger partial charge in [-0.05, 0) is 24.6 Å². The minimum atomic E-state index is -0.199. The molecule has 0 spiro atoms. The molecular weight excluding hydrogens is 342 g/mol. The Balaban J connectivity index is 1.69. The molecule has 1 aliphatic rings. The van der Waals surface area contributed by atoms with Gasteiger partial charge in [-0.15, -0.1) is 5.10 Å². The Hall–Kier alpha value is -2.94. The predicted octanol–water partition coefficient (Wildman–Crippen LogP) is 1.81. The number of aromatic nitrogens is 3. The summed E-state index contributed by atoms with van der Waals surface area (Å²) in [6.07, 6.45) is 0.692. The van der Waals surface area contributed by atoms with Crippen LogP contribution in [0, 0.1) is 0 Å². The van der Waals surface area contributed by atoms with E-state index in [9.17, 15) is 9.59 Å². The fraction of sp³-hybridized carbons (Fsp3) is 0.250. The number of nitrogens with zero attached hydrogens (tertiary/aromatic N) is 4. The first-order chi connectivity index (χ1) is 12.0. The molecule has 0 atom stereocenters. The first-order valence-electron chi connectivity index (χ1n) is 7.75. The van der Waals surface area contributed by atoms with Crippen molar-refractivity contribution in [2.45, 2.75) is 13.3 Å². The predicted molar refractivity (Wildman–Crippen MR) is 95.1 cm³/mol. The quantitative estimate of drug-likeness (QED) is 0.769. The maximum atomic E-state index is 12.1. The van der Waals surface area contributed by atoms with Crippen LogP contribution < -0.4 is 20.5 Å². The summed E-state index contributed by atoms with van der Waals surface area (Å²) < 4.78 is 6.69. The number of anilines is 3. The highest BCUT2D eigenvalue weighted by atomic mass is 32.1. The molecule has 3 aromatic rings. The van der Waals surface area contributed by atoms with Gasteiger partial charge in [0.15, 0.2) is 6.61 Å². The second-order valence-electron chi connectivity index (χ2n) is 5.59. The average molecular weight is 357 g/mol. The van der Waals surface area contributed by atoms with Gasteiger partial charge in [-0.3, -0.25) is 9.59 Å². The van der Waals surface area contributed by atoms with E-state index in [0.29, 0.717) is 28.0 Å². The normalized spacial score (nSPS) is 13.7. The molecule has 3 heterocycles. The van der Waals surface area contributed by atoms with Crippen molar-refractivity contribution in [2.24, 2.45) is 0 Å². The molecule has 0 aliphatic carbocycles. The third kappa shape index (κ3) is 2.72. The van der Waals surface area contributed by atoms with Gasteiger partial charge in [0, 0.05) is 24.5 Å². The monoisotopic (exact) mass is 357 g/mol. The molecule has 2 aromatic heterocycles. The summed E-state index contributed by atoms with van der Waals surface area (Å²) in [6.45, 7) is 1.99. The third-order valence-electron chi connectivity index (χ3n) is 3.96. The van der Waals surface area contributed by atoms with Crippen molar-refractivity contribution in [2.75, 3.05) is 23.9 Å². The molecule has 0 saturated heterocycles. The SMILES string of the molecule is CCc1cc(=O)n2nc(Nc3ccc4c(c3)N(C)C(=O)CO4)sc2n1. The highest BCUT2D eigenvalue weighted by molar-refractivity contribution is 7.20. The summed E-state index contributed by atoms with van der Waals surface area (Å²) in [5, 5.41) is 7.97. The fourth-order valence-corrected chi connectivity index (χ4v) is 3.41. The van der Waals surface area contributed by atoms with E-state index >= 15 is 0 Å². The van der Waals surface area contributed by atoms with Crippen LogP contribution >= 0.6 is 11.3 Å². The largest absolute Gasteiger partial charge is 0.482 e. The molecule has 0 saturated carbocycles. The van der Waals surface area contributed by atoms with Gasteiger partial charge in [-0.1, -0.05) is 18.3 Å². The van der Waals surface area contributed by atoms with Crippen LogP contribution in [0.15, 0.2) is 29.1 Å². The number of hydrogen-bond acceptors (Lipinski definition) is 7. The number of nitrogens with one attached hydrogen (secondary N) is 1. The van der Waals surface area contributed by atoms with Crippen LogP contribution in [-0.2, 0) is 11.2 Å². The van der Waals surface area contributed by atoms with Crippen molar-refractivity contribution in [3.05, 3.63) is 40.3 Å². The van der Waals surface area contributed by atoms with Crippen LogP contribution in [0.2, 0.25) is 0 Å². The molecule has 9 heteroatoms. The molecule has 4 rings (SSSR count). The van der Waals surface area contributed by atoms with Crippen molar-refractivity contribution >= 4 is 38.7 Å². The summed E-state index contributed by atoms with van der Waals surface area (Å²) in [5.41, 5.74) is 1.97. The number of benzene rings is 1. The van der Waals surface area contributed by atoms with Crippen molar-refractivity contribution in [3.8, 4) is 5.75 Å². The number of hydrogen-bond donors (Lipinski definition) is 1. The van der Waals surface area contributed by atoms with Crippen LogP contribution in [0.5, 0.6) is 5.75 Å². The number of rotatable bonds is 3. The lowest BCUT2D eigenvalue weighted by Gasteiger charge is -2.26. The highest BCUT2D eigenvalue weighted by Crippen LogP contribution is 2.34. The van der Waals surface area contributed by atoms with E-state index in [1.165, 1.54) is 21.9 Å². The van der Waals surface area contributed by atoms with Gasteiger partial charge in [0.1, 0.15) is 5.75 Å².